The summed E-state index contributed by atoms with van der Waals surface area (Å²) in [6.07, 6.45) is 2.46. The van der Waals surface area contributed by atoms with Crippen LogP contribution < -0.4 is 10.1 Å². The number of anilines is 1. The lowest BCUT2D eigenvalue weighted by molar-refractivity contribution is -0.274. The topological polar surface area (TPSA) is 71.7 Å². The second-order valence-corrected chi connectivity index (χ2v) is 7.26. The normalized spacial score (nSPS) is 20.0. The number of alkyl halides is 3. The molecular formula is C20H21F3N4O2. The molecule has 29 heavy (non-hydrogen) atoms. The number of nitrogens with zero attached hydrogens (tertiary/aromatic N) is 3. The van der Waals surface area contributed by atoms with Gasteiger partial charge in [-0.2, -0.15) is 5.10 Å². The number of hydrogen-bond donors (Lipinski definition) is 2. The zero-order valence-electron chi connectivity index (χ0n) is 15.6. The molecule has 0 atom stereocenters. The first kappa shape index (κ1) is 19.5. The van der Waals surface area contributed by atoms with E-state index in [1.165, 1.54) is 18.2 Å². The second-order valence-electron chi connectivity index (χ2n) is 7.26. The van der Waals surface area contributed by atoms with Crippen LogP contribution in [0.15, 0.2) is 42.7 Å². The Morgan fingerprint density at radius 3 is 2.69 bits per heavy atom. The molecular weight excluding hydrogens is 385 g/mol. The molecule has 0 amide bonds. The first-order chi connectivity index (χ1) is 13.9. The highest BCUT2D eigenvalue weighted by Crippen LogP contribution is 2.31. The molecule has 2 heterocycles. The maximum Gasteiger partial charge on any atom is 0.573 e. The Kier molecular flexibility index (Phi) is 5.31. The SMILES string of the molecule is OC[C@H]1CC[C@H](Nc2ccn3ncc(-c4cccc(OC(F)(F)F)c4)c3n2)CC1. The van der Waals surface area contributed by atoms with Crippen molar-refractivity contribution in [2.75, 3.05) is 11.9 Å². The third-order valence-corrected chi connectivity index (χ3v) is 5.20. The summed E-state index contributed by atoms with van der Waals surface area (Å²) in [5.74, 6) is 0.773. The van der Waals surface area contributed by atoms with Gasteiger partial charge in [0.2, 0.25) is 0 Å². The van der Waals surface area contributed by atoms with E-state index in [1.807, 2.05) is 6.07 Å². The Bertz CT molecular complexity index is 981. The van der Waals surface area contributed by atoms with Crippen LogP contribution in [0.2, 0.25) is 0 Å². The number of fused-ring (bicyclic) bond motifs is 1. The Hall–Kier alpha value is -2.81. The van der Waals surface area contributed by atoms with Crippen molar-refractivity contribution in [1.29, 1.82) is 0 Å². The summed E-state index contributed by atoms with van der Waals surface area (Å²) in [6.45, 7) is 0.229. The van der Waals surface area contributed by atoms with Crippen LogP contribution in [0.3, 0.4) is 0 Å². The fraction of sp³-hybridized carbons (Fsp3) is 0.400. The molecule has 0 spiro atoms. The minimum Gasteiger partial charge on any atom is -0.406 e. The van der Waals surface area contributed by atoms with E-state index in [9.17, 15) is 18.3 Å². The fourth-order valence-corrected chi connectivity index (χ4v) is 3.71. The lowest BCUT2D eigenvalue weighted by atomic mass is 9.86. The molecule has 4 rings (SSSR count). The summed E-state index contributed by atoms with van der Waals surface area (Å²) < 4.78 is 43.2. The van der Waals surface area contributed by atoms with Crippen molar-refractivity contribution >= 4 is 11.5 Å². The molecule has 9 heteroatoms. The van der Waals surface area contributed by atoms with E-state index in [0.717, 1.165) is 25.7 Å². The fourth-order valence-electron chi connectivity index (χ4n) is 3.71. The van der Waals surface area contributed by atoms with E-state index in [1.54, 1.807) is 23.0 Å². The van der Waals surface area contributed by atoms with E-state index < -0.39 is 6.36 Å². The molecule has 2 aromatic heterocycles. The van der Waals surface area contributed by atoms with Crippen LogP contribution in [0.5, 0.6) is 5.75 Å². The van der Waals surface area contributed by atoms with Gasteiger partial charge in [-0.25, -0.2) is 9.50 Å². The third-order valence-electron chi connectivity index (χ3n) is 5.20. The van der Waals surface area contributed by atoms with Crippen LogP contribution in [-0.2, 0) is 0 Å². The summed E-state index contributed by atoms with van der Waals surface area (Å²) in [5.41, 5.74) is 1.70. The molecule has 1 aliphatic rings. The number of aromatic nitrogens is 3. The Balaban J connectivity index is 1.57. The molecule has 6 nitrogen and oxygen atoms in total. The Morgan fingerprint density at radius 1 is 1.17 bits per heavy atom. The number of ether oxygens (including phenoxy) is 1. The highest BCUT2D eigenvalue weighted by atomic mass is 19.4. The van der Waals surface area contributed by atoms with Gasteiger partial charge in [0.15, 0.2) is 5.65 Å². The van der Waals surface area contributed by atoms with Gasteiger partial charge in [-0.15, -0.1) is 13.2 Å². The van der Waals surface area contributed by atoms with Crippen molar-refractivity contribution in [2.45, 2.75) is 38.1 Å². The van der Waals surface area contributed by atoms with Crippen molar-refractivity contribution in [2.24, 2.45) is 5.92 Å². The van der Waals surface area contributed by atoms with E-state index >= 15 is 0 Å². The maximum atomic E-state index is 12.5. The molecule has 3 aromatic rings. The minimum absolute atomic E-state index is 0.229. The summed E-state index contributed by atoms with van der Waals surface area (Å²) in [5, 5.41) is 16.9. The van der Waals surface area contributed by atoms with Gasteiger partial charge in [0.05, 0.1) is 6.20 Å². The molecule has 1 aromatic carbocycles. The van der Waals surface area contributed by atoms with Crippen LogP contribution >= 0.6 is 0 Å². The van der Waals surface area contributed by atoms with E-state index in [4.69, 9.17) is 0 Å². The smallest absolute Gasteiger partial charge is 0.406 e. The highest BCUT2D eigenvalue weighted by Gasteiger charge is 2.31. The van der Waals surface area contributed by atoms with E-state index in [-0.39, 0.29) is 18.4 Å². The first-order valence-electron chi connectivity index (χ1n) is 9.49. The molecule has 0 aliphatic heterocycles. The number of benzene rings is 1. The minimum atomic E-state index is -4.75. The van der Waals surface area contributed by atoms with Crippen molar-refractivity contribution in [3.05, 3.63) is 42.7 Å². The maximum absolute atomic E-state index is 12.5. The predicted molar refractivity (Wildman–Crippen MR) is 102 cm³/mol. The van der Waals surface area contributed by atoms with Crippen molar-refractivity contribution in [1.82, 2.24) is 14.6 Å². The van der Waals surface area contributed by atoms with Gasteiger partial charge in [-0.3, -0.25) is 0 Å². The van der Waals surface area contributed by atoms with Gasteiger partial charge in [0.25, 0.3) is 0 Å². The number of halogens is 3. The van der Waals surface area contributed by atoms with Crippen LogP contribution in [-0.4, -0.2) is 38.7 Å². The first-order valence-corrected chi connectivity index (χ1v) is 9.49. The second kappa shape index (κ2) is 7.90. The zero-order valence-corrected chi connectivity index (χ0v) is 15.6. The molecule has 2 N–H and O–H groups in total. The quantitative estimate of drug-likeness (QED) is 0.663. The lowest BCUT2D eigenvalue weighted by Gasteiger charge is -2.28. The molecule has 1 fully saturated rings. The standard InChI is InChI=1S/C20H21F3N4O2/c21-20(22,23)29-16-3-1-2-14(10-16)17-11-24-27-9-8-18(26-19(17)27)25-15-6-4-13(12-28)5-7-15/h1-3,8-11,13,15,28H,4-7,12H2,(H,25,26)/t13-,15-. The van der Waals surface area contributed by atoms with Gasteiger partial charge >= 0.3 is 6.36 Å². The van der Waals surface area contributed by atoms with Gasteiger partial charge in [0, 0.05) is 24.4 Å². The molecule has 0 saturated heterocycles. The van der Waals surface area contributed by atoms with Crippen molar-refractivity contribution in [3.8, 4) is 16.9 Å². The molecule has 1 saturated carbocycles. The average Bonchev–Trinajstić information content (AvgIpc) is 3.11. The molecule has 0 unspecified atom stereocenters. The van der Waals surface area contributed by atoms with Crippen LogP contribution in [0.1, 0.15) is 25.7 Å². The van der Waals surface area contributed by atoms with Gasteiger partial charge < -0.3 is 15.2 Å². The van der Waals surface area contributed by atoms with E-state index in [0.29, 0.717) is 28.5 Å². The van der Waals surface area contributed by atoms with Crippen LogP contribution in [0.25, 0.3) is 16.8 Å². The van der Waals surface area contributed by atoms with Gasteiger partial charge in [0.1, 0.15) is 11.6 Å². The average molecular weight is 406 g/mol. The number of rotatable bonds is 5. The third kappa shape index (κ3) is 4.61. The van der Waals surface area contributed by atoms with Crippen molar-refractivity contribution < 1.29 is 23.0 Å². The van der Waals surface area contributed by atoms with E-state index in [2.05, 4.69) is 20.1 Å². The molecule has 1 aliphatic carbocycles. The lowest BCUT2D eigenvalue weighted by Crippen LogP contribution is -2.27. The largest absolute Gasteiger partial charge is 0.573 e. The number of nitrogens with one attached hydrogen (secondary N) is 1. The highest BCUT2D eigenvalue weighted by molar-refractivity contribution is 5.78. The zero-order chi connectivity index (χ0) is 20.4. The predicted octanol–water partition coefficient (Wildman–Crippen LogP) is 4.26. The van der Waals surface area contributed by atoms with Gasteiger partial charge in [-0.05, 0) is 55.4 Å². The monoisotopic (exact) mass is 406 g/mol. The van der Waals surface area contributed by atoms with Crippen LogP contribution in [0.4, 0.5) is 19.0 Å². The number of hydrogen-bond acceptors (Lipinski definition) is 5. The van der Waals surface area contributed by atoms with Crippen LogP contribution in [0, 0.1) is 5.92 Å². The van der Waals surface area contributed by atoms with Crippen molar-refractivity contribution in [3.63, 3.8) is 0 Å². The number of aliphatic hydroxyl groups is 1. The Labute approximate surface area is 165 Å². The Morgan fingerprint density at radius 2 is 1.97 bits per heavy atom. The summed E-state index contributed by atoms with van der Waals surface area (Å²) >= 11 is 0. The molecule has 154 valence electrons. The molecule has 0 radical (unpaired) electrons. The molecule has 0 bridgehead atoms. The summed E-state index contributed by atoms with van der Waals surface area (Å²) in [6, 6.07) is 7.88. The number of aliphatic hydroxyl groups excluding tert-OH is 1. The summed E-state index contributed by atoms with van der Waals surface area (Å²) in [7, 11) is 0. The summed E-state index contributed by atoms with van der Waals surface area (Å²) in [4.78, 5) is 4.63. The van der Waals surface area contributed by atoms with Gasteiger partial charge in [-0.1, -0.05) is 12.1 Å².